The second-order valence-electron chi connectivity index (χ2n) is 12.3. The molecule has 0 atom stereocenters. The lowest BCUT2D eigenvalue weighted by atomic mass is 10.1. The van der Waals surface area contributed by atoms with Crippen molar-refractivity contribution in [3.8, 4) is 0 Å². The molecule has 4 rings (SSSR count). The van der Waals surface area contributed by atoms with Gasteiger partial charge in [-0.15, -0.1) is 0 Å². The van der Waals surface area contributed by atoms with Gasteiger partial charge in [0.1, 0.15) is 11.4 Å². The van der Waals surface area contributed by atoms with Gasteiger partial charge in [0, 0.05) is 31.9 Å². The Hall–Kier alpha value is -5.61. The third-order valence-electron chi connectivity index (χ3n) is 7.70. The lowest BCUT2D eigenvalue weighted by molar-refractivity contribution is -0.134. The SMILES string of the molecule is CC(C)OC(=O)c1cnc(Nc2ccc(C(=O)NCCCCCCC(=O)NOCc3ccccc3)c(F)c2)nc1Nc1ccccc1N(C)S(C)(=O)=O. The van der Waals surface area contributed by atoms with Gasteiger partial charge in [0.15, 0.2) is 5.82 Å². The maximum Gasteiger partial charge on any atom is 0.343 e. The van der Waals surface area contributed by atoms with Crippen LogP contribution in [0.5, 0.6) is 0 Å². The number of para-hydroxylation sites is 2. The van der Waals surface area contributed by atoms with Gasteiger partial charge in [-0.1, -0.05) is 55.3 Å². The van der Waals surface area contributed by atoms with E-state index >= 15 is 4.39 Å². The topological polar surface area (TPSA) is 181 Å². The van der Waals surface area contributed by atoms with Crippen molar-refractivity contribution < 1.29 is 36.8 Å². The molecule has 0 aliphatic rings. The molecule has 4 N–H and O–H groups in total. The summed E-state index contributed by atoms with van der Waals surface area (Å²) in [5.74, 6) is -2.27. The molecular formula is C37H44FN7O7S. The lowest BCUT2D eigenvalue weighted by Gasteiger charge is -2.21. The fraction of sp³-hybridized carbons (Fsp3) is 0.324. The van der Waals surface area contributed by atoms with E-state index in [0.29, 0.717) is 37.2 Å². The number of esters is 1. The summed E-state index contributed by atoms with van der Waals surface area (Å²) in [5, 5.41) is 8.61. The summed E-state index contributed by atoms with van der Waals surface area (Å²) >= 11 is 0. The first-order chi connectivity index (χ1) is 25.3. The molecule has 0 saturated heterocycles. The fourth-order valence-electron chi connectivity index (χ4n) is 4.92. The Morgan fingerprint density at radius 2 is 1.62 bits per heavy atom. The highest BCUT2D eigenvalue weighted by molar-refractivity contribution is 7.92. The number of nitrogens with zero attached hydrogens (tertiary/aromatic N) is 3. The monoisotopic (exact) mass is 749 g/mol. The van der Waals surface area contributed by atoms with E-state index in [9.17, 15) is 22.8 Å². The molecule has 0 fully saturated rings. The van der Waals surface area contributed by atoms with Crippen LogP contribution < -0.4 is 25.7 Å². The molecule has 1 aromatic heterocycles. The summed E-state index contributed by atoms with van der Waals surface area (Å²) < 4.78 is 46.1. The van der Waals surface area contributed by atoms with Crippen LogP contribution in [0.25, 0.3) is 0 Å². The Labute approximate surface area is 308 Å². The minimum absolute atomic E-state index is 0.00934. The molecule has 0 radical (unpaired) electrons. The van der Waals surface area contributed by atoms with Gasteiger partial charge in [0.2, 0.25) is 21.9 Å². The van der Waals surface area contributed by atoms with Gasteiger partial charge >= 0.3 is 5.97 Å². The normalized spacial score (nSPS) is 11.1. The van der Waals surface area contributed by atoms with E-state index in [-0.39, 0.29) is 41.1 Å². The summed E-state index contributed by atoms with van der Waals surface area (Å²) in [6.45, 7) is 4.00. The number of unbranched alkanes of at least 4 members (excludes halogenated alkanes) is 3. The number of ether oxygens (including phenoxy) is 1. The van der Waals surface area contributed by atoms with E-state index in [1.807, 2.05) is 30.3 Å². The Kier molecular flexibility index (Phi) is 14.6. The number of carbonyl (C=O) groups excluding carboxylic acids is 3. The van der Waals surface area contributed by atoms with Crippen molar-refractivity contribution in [1.82, 2.24) is 20.8 Å². The number of carbonyl (C=O) groups is 3. The molecule has 0 spiro atoms. The Balaban J connectivity index is 1.31. The van der Waals surface area contributed by atoms with Crippen molar-refractivity contribution in [2.75, 3.05) is 34.8 Å². The second kappa shape index (κ2) is 19.3. The van der Waals surface area contributed by atoms with Gasteiger partial charge in [-0.05, 0) is 62.6 Å². The van der Waals surface area contributed by atoms with Gasteiger partial charge in [0.25, 0.3) is 5.91 Å². The van der Waals surface area contributed by atoms with E-state index in [1.54, 1.807) is 38.1 Å². The van der Waals surface area contributed by atoms with Crippen LogP contribution in [0.1, 0.15) is 72.2 Å². The average Bonchev–Trinajstić information content (AvgIpc) is 3.11. The van der Waals surface area contributed by atoms with Crippen LogP contribution in [0.3, 0.4) is 0 Å². The van der Waals surface area contributed by atoms with E-state index in [1.165, 1.54) is 25.4 Å². The molecule has 16 heteroatoms. The van der Waals surface area contributed by atoms with E-state index in [4.69, 9.17) is 9.57 Å². The average molecular weight is 750 g/mol. The number of halogens is 1. The second-order valence-corrected chi connectivity index (χ2v) is 14.3. The molecule has 53 heavy (non-hydrogen) atoms. The largest absolute Gasteiger partial charge is 0.459 e. The molecule has 0 unspecified atom stereocenters. The Morgan fingerprint density at radius 3 is 2.34 bits per heavy atom. The molecule has 282 valence electrons. The van der Waals surface area contributed by atoms with Gasteiger partial charge in [-0.3, -0.25) is 18.7 Å². The number of benzene rings is 3. The first-order valence-corrected chi connectivity index (χ1v) is 18.8. The minimum Gasteiger partial charge on any atom is -0.459 e. The van der Waals surface area contributed by atoms with Crippen LogP contribution in [0.15, 0.2) is 79.0 Å². The predicted molar refractivity (Wildman–Crippen MR) is 200 cm³/mol. The third-order valence-corrected chi connectivity index (χ3v) is 8.89. The van der Waals surface area contributed by atoms with Gasteiger partial charge < -0.3 is 20.7 Å². The number of nitrogens with one attached hydrogen (secondary N) is 4. The van der Waals surface area contributed by atoms with Crippen molar-refractivity contribution >= 4 is 56.6 Å². The van der Waals surface area contributed by atoms with Crippen molar-refractivity contribution in [2.45, 2.75) is 58.7 Å². The highest BCUT2D eigenvalue weighted by Crippen LogP contribution is 2.31. The van der Waals surface area contributed by atoms with Crippen molar-refractivity contribution in [1.29, 1.82) is 0 Å². The highest BCUT2D eigenvalue weighted by Gasteiger charge is 2.21. The number of anilines is 5. The van der Waals surface area contributed by atoms with E-state index in [0.717, 1.165) is 35.0 Å². The molecule has 0 aliphatic carbocycles. The predicted octanol–water partition coefficient (Wildman–Crippen LogP) is 5.99. The molecule has 3 aromatic carbocycles. The first kappa shape index (κ1) is 40.2. The molecule has 14 nitrogen and oxygen atoms in total. The van der Waals surface area contributed by atoms with Crippen molar-refractivity contribution in [2.24, 2.45) is 0 Å². The van der Waals surface area contributed by atoms with Gasteiger partial charge in [-0.2, -0.15) is 4.98 Å². The van der Waals surface area contributed by atoms with Crippen LogP contribution in [0.4, 0.5) is 33.2 Å². The molecule has 0 saturated carbocycles. The van der Waals surface area contributed by atoms with Gasteiger partial charge in [0.05, 0.1) is 35.9 Å². The molecule has 2 amide bonds. The molecular weight excluding hydrogens is 706 g/mol. The number of sulfonamides is 1. The van der Waals surface area contributed by atoms with Crippen molar-refractivity contribution in [3.05, 3.63) is 102 Å². The van der Waals surface area contributed by atoms with E-state index < -0.39 is 33.8 Å². The Bertz CT molecular complexity index is 1980. The zero-order chi connectivity index (χ0) is 38.4. The molecule has 4 aromatic rings. The first-order valence-electron chi connectivity index (χ1n) is 17.0. The van der Waals surface area contributed by atoms with E-state index in [2.05, 4.69) is 31.4 Å². The van der Waals surface area contributed by atoms with Crippen LogP contribution >= 0.6 is 0 Å². The zero-order valence-electron chi connectivity index (χ0n) is 30.0. The quantitative estimate of drug-likeness (QED) is 0.0502. The number of hydrogen-bond donors (Lipinski definition) is 4. The lowest BCUT2D eigenvalue weighted by Crippen LogP contribution is -2.25. The maximum atomic E-state index is 15.1. The number of hydrogen-bond acceptors (Lipinski definition) is 11. The number of aromatic nitrogens is 2. The summed E-state index contributed by atoms with van der Waals surface area (Å²) in [5.41, 5.74) is 4.09. The maximum absolute atomic E-state index is 15.1. The van der Waals surface area contributed by atoms with Crippen LogP contribution in [-0.2, 0) is 31.0 Å². The zero-order valence-corrected chi connectivity index (χ0v) is 30.8. The summed E-state index contributed by atoms with van der Waals surface area (Å²) in [4.78, 5) is 51.4. The Morgan fingerprint density at radius 1 is 0.906 bits per heavy atom. The van der Waals surface area contributed by atoms with Crippen molar-refractivity contribution in [3.63, 3.8) is 0 Å². The highest BCUT2D eigenvalue weighted by atomic mass is 32.2. The smallest absolute Gasteiger partial charge is 0.343 e. The van der Waals surface area contributed by atoms with Crippen LogP contribution in [-0.4, -0.2) is 62.1 Å². The third kappa shape index (κ3) is 12.5. The summed E-state index contributed by atoms with van der Waals surface area (Å²) in [7, 11) is -2.23. The fourth-order valence-corrected chi connectivity index (χ4v) is 5.43. The standard InChI is InChI=1S/C37H44FN7O7S/c1-25(2)52-36(48)29-23-40-37(43-34(29)42-31-16-11-12-17-32(31)45(3)53(4,49)50)41-27-19-20-28(30(38)22-27)35(47)39-21-13-6-5-10-18-33(46)44-51-24-26-14-8-7-9-15-26/h7-9,11-12,14-17,19-20,22-23,25H,5-6,10,13,18,21,24H2,1-4H3,(H,39,47)(H,44,46)(H2,40,41,42,43). The number of amides is 2. The van der Waals surface area contributed by atoms with Gasteiger partial charge in [-0.25, -0.2) is 28.1 Å². The molecule has 0 aliphatic heterocycles. The summed E-state index contributed by atoms with van der Waals surface area (Å²) in [6.07, 6.45) is 5.05. The molecule has 0 bridgehead atoms. The van der Waals surface area contributed by atoms with Crippen LogP contribution in [0.2, 0.25) is 0 Å². The minimum atomic E-state index is -3.62. The summed E-state index contributed by atoms with van der Waals surface area (Å²) in [6, 6.07) is 20.0. The molecule has 1 heterocycles. The van der Waals surface area contributed by atoms with Crippen LogP contribution in [0, 0.1) is 5.82 Å². The number of rotatable bonds is 19. The number of hydroxylamine groups is 1.